The van der Waals surface area contributed by atoms with Crippen molar-refractivity contribution in [3.05, 3.63) is 59.7 Å². The fourth-order valence-electron chi connectivity index (χ4n) is 4.77. The van der Waals surface area contributed by atoms with Crippen molar-refractivity contribution < 1.29 is 19.1 Å². The van der Waals surface area contributed by atoms with Crippen LogP contribution in [-0.4, -0.2) is 49.0 Å². The molecule has 0 radical (unpaired) electrons. The fourth-order valence-corrected chi connectivity index (χ4v) is 4.77. The highest BCUT2D eigenvalue weighted by Gasteiger charge is 2.32. The number of aliphatic hydroxyl groups excluding tert-OH is 1. The van der Waals surface area contributed by atoms with Gasteiger partial charge in [0.1, 0.15) is 37.3 Å². The van der Waals surface area contributed by atoms with E-state index >= 15 is 0 Å². The Bertz CT molecular complexity index is 805. The van der Waals surface area contributed by atoms with Crippen molar-refractivity contribution in [1.29, 1.82) is 0 Å². The van der Waals surface area contributed by atoms with Crippen LogP contribution >= 0.6 is 0 Å². The average Bonchev–Trinajstić information content (AvgIpc) is 2.97. The predicted molar refractivity (Wildman–Crippen MR) is 127 cm³/mol. The molecule has 0 saturated carbocycles. The molecule has 0 aliphatic carbocycles. The first-order valence-electron chi connectivity index (χ1n) is 11.7. The minimum Gasteiger partial charge on any atom is -0.497 e. The number of quaternary nitrogens is 1. The third kappa shape index (κ3) is 6.72. The standard InChI is InChI=1S/C27H40NO3/c1-27(2,3)25-18-24(30-4)14-15-26(25)31-21-23(29)20-28(16-10-5-6-11-17-28)19-22-12-8-7-9-13-22/h7-9,12-15,18,23,29H,5-6,10-11,16-17,19-21H2,1-4H3/q+1. The zero-order chi connectivity index (χ0) is 22.3. The molecule has 0 bridgehead atoms. The van der Waals surface area contributed by atoms with E-state index in [-0.39, 0.29) is 5.41 Å². The average molecular weight is 427 g/mol. The Morgan fingerprint density at radius 2 is 1.65 bits per heavy atom. The molecule has 0 aromatic heterocycles. The monoisotopic (exact) mass is 426 g/mol. The second-order valence-electron chi connectivity index (χ2n) is 10.1. The van der Waals surface area contributed by atoms with Crippen molar-refractivity contribution in [2.75, 3.05) is 33.4 Å². The first kappa shape index (κ1) is 23.6. The van der Waals surface area contributed by atoms with Gasteiger partial charge in [0.15, 0.2) is 0 Å². The van der Waals surface area contributed by atoms with Crippen LogP contribution in [0.25, 0.3) is 0 Å². The van der Waals surface area contributed by atoms with Gasteiger partial charge >= 0.3 is 0 Å². The summed E-state index contributed by atoms with van der Waals surface area (Å²) in [7, 11) is 1.68. The Hall–Kier alpha value is -2.04. The lowest BCUT2D eigenvalue weighted by molar-refractivity contribution is -0.942. The normalized spacial score (nSPS) is 17.6. The SMILES string of the molecule is COc1ccc(OCC(O)C[N+]2(Cc3ccccc3)CCCCCC2)c(C(C)(C)C)c1. The van der Waals surface area contributed by atoms with E-state index < -0.39 is 6.10 Å². The largest absolute Gasteiger partial charge is 0.497 e. The molecule has 4 nitrogen and oxygen atoms in total. The lowest BCUT2D eigenvalue weighted by Crippen LogP contribution is -2.53. The van der Waals surface area contributed by atoms with Crippen molar-refractivity contribution in [3.63, 3.8) is 0 Å². The van der Waals surface area contributed by atoms with E-state index in [0.717, 1.165) is 47.7 Å². The molecule has 1 unspecified atom stereocenters. The zero-order valence-corrected chi connectivity index (χ0v) is 19.8. The van der Waals surface area contributed by atoms with Gasteiger partial charge in [0.25, 0.3) is 0 Å². The quantitative estimate of drug-likeness (QED) is 0.580. The van der Waals surface area contributed by atoms with Crippen LogP contribution in [-0.2, 0) is 12.0 Å². The van der Waals surface area contributed by atoms with E-state index in [1.54, 1.807) is 7.11 Å². The van der Waals surface area contributed by atoms with E-state index in [0.29, 0.717) is 6.61 Å². The van der Waals surface area contributed by atoms with E-state index in [2.05, 4.69) is 51.1 Å². The van der Waals surface area contributed by atoms with Crippen molar-refractivity contribution >= 4 is 0 Å². The molecule has 1 heterocycles. The maximum Gasteiger partial charge on any atom is 0.137 e. The van der Waals surface area contributed by atoms with Crippen molar-refractivity contribution in [1.82, 2.24) is 0 Å². The summed E-state index contributed by atoms with van der Waals surface area (Å²) < 4.78 is 12.5. The summed E-state index contributed by atoms with van der Waals surface area (Å²) in [6.07, 6.45) is 4.54. The maximum atomic E-state index is 11.0. The van der Waals surface area contributed by atoms with Gasteiger partial charge in [0.2, 0.25) is 0 Å². The van der Waals surface area contributed by atoms with Crippen LogP contribution in [0.5, 0.6) is 11.5 Å². The Labute approximate surface area is 188 Å². The molecule has 1 atom stereocenters. The summed E-state index contributed by atoms with van der Waals surface area (Å²) in [5.41, 5.74) is 2.38. The van der Waals surface area contributed by atoms with Crippen LogP contribution in [0.15, 0.2) is 48.5 Å². The minimum atomic E-state index is -0.503. The molecular formula is C27H40NO3+. The van der Waals surface area contributed by atoms with E-state index in [9.17, 15) is 5.11 Å². The van der Waals surface area contributed by atoms with Crippen molar-refractivity contribution in [2.24, 2.45) is 0 Å². The summed E-state index contributed by atoms with van der Waals surface area (Å²) in [4.78, 5) is 0. The number of likely N-dealkylation sites (tertiary alicyclic amines) is 1. The smallest absolute Gasteiger partial charge is 0.137 e. The maximum absolute atomic E-state index is 11.0. The van der Waals surface area contributed by atoms with E-state index in [1.165, 1.54) is 31.2 Å². The molecule has 0 amide bonds. The second kappa shape index (κ2) is 10.5. The predicted octanol–water partition coefficient (Wildman–Crippen LogP) is 5.32. The highest BCUT2D eigenvalue weighted by atomic mass is 16.5. The first-order chi connectivity index (χ1) is 14.8. The van der Waals surface area contributed by atoms with Gasteiger partial charge in [0.05, 0.1) is 20.2 Å². The molecule has 1 aliphatic rings. The lowest BCUT2D eigenvalue weighted by atomic mass is 9.86. The number of hydrogen-bond acceptors (Lipinski definition) is 3. The van der Waals surface area contributed by atoms with Gasteiger partial charge in [0, 0.05) is 11.1 Å². The lowest BCUT2D eigenvalue weighted by Gasteiger charge is -2.39. The van der Waals surface area contributed by atoms with Crippen LogP contribution in [0, 0.1) is 0 Å². The third-order valence-electron chi connectivity index (χ3n) is 6.40. The number of ether oxygens (including phenoxy) is 2. The van der Waals surface area contributed by atoms with Crippen LogP contribution in [0.1, 0.15) is 57.6 Å². The first-order valence-corrected chi connectivity index (χ1v) is 11.7. The summed E-state index contributed by atoms with van der Waals surface area (Å²) in [5, 5.41) is 11.0. The zero-order valence-electron chi connectivity index (χ0n) is 19.8. The number of rotatable bonds is 8. The molecule has 3 rings (SSSR count). The third-order valence-corrected chi connectivity index (χ3v) is 6.40. The Kier molecular flexibility index (Phi) is 8.01. The summed E-state index contributed by atoms with van der Waals surface area (Å²) >= 11 is 0. The van der Waals surface area contributed by atoms with Crippen LogP contribution < -0.4 is 9.47 Å². The van der Waals surface area contributed by atoms with E-state index in [4.69, 9.17) is 9.47 Å². The highest BCUT2D eigenvalue weighted by Crippen LogP contribution is 2.34. The summed E-state index contributed by atoms with van der Waals surface area (Å²) in [5.74, 6) is 1.66. The second-order valence-corrected chi connectivity index (χ2v) is 10.1. The van der Waals surface area contributed by atoms with Gasteiger partial charge in [-0.05, 0) is 49.3 Å². The fraction of sp³-hybridized carbons (Fsp3) is 0.556. The van der Waals surface area contributed by atoms with Gasteiger partial charge in [-0.15, -0.1) is 0 Å². The number of aliphatic hydroxyl groups is 1. The van der Waals surface area contributed by atoms with Gasteiger partial charge in [-0.1, -0.05) is 51.1 Å². The molecule has 170 valence electrons. The Morgan fingerprint density at radius 3 is 2.26 bits per heavy atom. The van der Waals surface area contributed by atoms with Crippen LogP contribution in [0.4, 0.5) is 0 Å². The molecule has 31 heavy (non-hydrogen) atoms. The summed E-state index contributed by atoms with van der Waals surface area (Å²) in [6.45, 7) is 10.8. The van der Waals surface area contributed by atoms with Crippen molar-refractivity contribution in [3.8, 4) is 11.5 Å². The molecule has 0 spiro atoms. The highest BCUT2D eigenvalue weighted by molar-refractivity contribution is 5.44. The van der Waals surface area contributed by atoms with Gasteiger partial charge in [-0.25, -0.2) is 0 Å². The number of benzene rings is 2. The molecule has 2 aromatic carbocycles. The molecule has 1 saturated heterocycles. The Balaban J connectivity index is 1.71. The molecule has 1 fully saturated rings. The molecular weight excluding hydrogens is 386 g/mol. The Morgan fingerprint density at radius 1 is 0.968 bits per heavy atom. The summed E-state index contributed by atoms with van der Waals surface area (Å²) in [6, 6.07) is 16.6. The molecule has 1 aliphatic heterocycles. The molecule has 2 aromatic rings. The number of methoxy groups -OCH3 is 1. The number of hydrogen-bond donors (Lipinski definition) is 1. The molecule has 4 heteroatoms. The van der Waals surface area contributed by atoms with Crippen LogP contribution in [0.3, 0.4) is 0 Å². The van der Waals surface area contributed by atoms with Gasteiger partial charge in [-0.2, -0.15) is 0 Å². The minimum absolute atomic E-state index is 0.0687. The number of nitrogens with zero attached hydrogens (tertiary/aromatic N) is 1. The van der Waals surface area contributed by atoms with Gasteiger partial charge in [-0.3, -0.25) is 0 Å². The van der Waals surface area contributed by atoms with Gasteiger partial charge < -0.3 is 19.1 Å². The topological polar surface area (TPSA) is 38.7 Å². The van der Waals surface area contributed by atoms with Crippen LogP contribution in [0.2, 0.25) is 0 Å². The van der Waals surface area contributed by atoms with E-state index in [1.807, 2.05) is 18.2 Å². The van der Waals surface area contributed by atoms with Crippen molar-refractivity contribution in [2.45, 2.75) is 64.5 Å². The molecule has 1 N–H and O–H groups in total.